The summed E-state index contributed by atoms with van der Waals surface area (Å²) in [5, 5.41) is 3.54. The predicted molar refractivity (Wildman–Crippen MR) is 49.2 cm³/mol. The average Bonchev–Trinajstić information content (AvgIpc) is 2.54. The van der Waals surface area contributed by atoms with Crippen LogP contribution in [0.1, 0.15) is 16.9 Å². The maximum Gasteiger partial charge on any atom is 0.390 e. The van der Waals surface area contributed by atoms with Crippen molar-refractivity contribution < 1.29 is 22.7 Å². The number of hydrogen-bond donors (Lipinski definition) is 0. The van der Waals surface area contributed by atoms with Crippen molar-refractivity contribution in [2.75, 3.05) is 7.11 Å². The number of carbonyl (C=O) groups is 1. The second-order valence-corrected chi connectivity index (χ2v) is 3.33. The molecule has 0 fully saturated rings. The van der Waals surface area contributed by atoms with E-state index in [1.54, 1.807) is 0 Å². The van der Waals surface area contributed by atoms with Gasteiger partial charge in [0.15, 0.2) is 5.69 Å². The van der Waals surface area contributed by atoms with E-state index in [-0.39, 0.29) is 10.7 Å². The van der Waals surface area contributed by atoms with Gasteiger partial charge in [0.25, 0.3) is 0 Å². The molecular formula is C8H8ClF3N2O2. The summed E-state index contributed by atoms with van der Waals surface area (Å²) >= 11 is 5.60. The monoisotopic (exact) mass is 256 g/mol. The van der Waals surface area contributed by atoms with E-state index in [1.165, 1.54) is 0 Å². The van der Waals surface area contributed by atoms with Crippen LogP contribution in [0.25, 0.3) is 0 Å². The number of aromatic nitrogens is 2. The lowest BCUT2D eigenvalue weighted by Gasteiger charge is -2.08. The number of alkyl halides is 3. The summed E-state index contributed by atoms with van der Waals surface area (Å²) in [6.45, 7) is -0.472. The molecule has 90 valence electrons. The van der Waals surface area contributed by atoms with E-state index in [0.29, 0.717) is 0 Å². The molecule has 8 heteroatoms. The Bertz CT molecular complexity index is 389. The molecule has 0 amide bonds. The molecule has 1 aromatic rings. The first-order valence-electron chi connectivity index (χ1n) is 4.21. The van der Waals surface area contributed by atoms with Crippen molar-refractivity contribution in [1.82, 2.24) is 9.78 Å². The molecular weight excluding hydrogens is 249 g/mol. The fourth-order valence-electron chi connectivity index (χ4n) is 1.06. The number of hydrogen-bond acceptors (Lipinski definition) is 3. The van der Waals surface area contributed by atoms with Crippen LogP contribution >= 0.6 is 11.6 Å². The summed E-state index contributed by atoms with van der Waals surface area (Å²) < 4.78 is 41.2. The van der Waals surface area contributed by atoms with Crippen LogP contribution in [-0.2, 0) is 11.3 Å². The van der Waals surface area contributed by atoms with Crippen LogP contribution in [0.4, 0.5) is 13.2 Å². The van der Waals surface area contributed by atoms with E-state index >= 15 is 0 Å². The molecule has 0 atom stereocenters. The molecule has 0 saturated carbocycles. The van der Waals surface area contributed by atoms with Gasteiger partial charge in [0.05, 0.1) is 31.3 Å². The van der Waals surface area contributed by atoms with Crippen LogP contribution < -0.4 is 0 Å². The third-order valence-electron chi connectivity index (χ3n) is 1.78. The van der Waals surface area contributed by atoms with E-state index in [4.69, 9.17) is 11.6 Å². The summed E-state index contributed by atoms with van der Waals surface area (Å²) in [4.78, 5) is 11.2. The molecule has 1 aromatic heterocycles. The lowest BCUT2D eigenvalue weighted by atomic mass is 10.4. The Hall–Kier alpha value is -1.24. The SMILES string of the molecule is COC(=O)c1c(Cl)cnn1CCC(F)(F)F. The average molecular weight is 257 g/mol. The van der Waals surface area contributed by atoms with Crippen molar-refractivity contribution in [3.63, 3.8) is 0 Å². The molecule has 0 aliphatic carbocycles. The highest BCUT2D eigenvalue weighted by Crippen LogP contribution is 2.22. The Balaban J connectivity index is 2.85. The fourth-order valence-corrected chi connectivity index (χ4v) is 1.28. The van der Waals surface area contributed by atoms with Crippen molar-refractivity contribution >= 4 is 17.6 Å². The van der Waals surface area contributed by atoms with Gasteiger partial charge in [0.2, 0.25) is 0 Å². The Morgan fingerprint density at radius 3 is 2.75 bits per heavy atom. The number of aryl methyl sites for hydroxylation is 1. The third kappa shape index (κ3) is 3.13. The first-order chi connectivity index (χ1) is 7.35. The number of carbonyl (C=O) groups excluding carboxylic acids is 1. The van der Waals surface area contributed by atoms with Crippen LogP contribution in [-0.4, -0.2) is 29.0 Å². The van der Waals surface area contributed by atoms with E-state index in [1.807, 2.05) is 0 Å². The van der Waals surface area contributed by atoms with Gasteiger partial charge >= 0.3 is 12.1 Å². The molecule has 0 unspecified atom stereocenters. The number of ether oxygens (including phenoxy) is 1. The smallest absolute Gasteiger partial charge is 0.390 e. The maximum atomic E-state index is 12.0. The second-order valence-electron chi connectivity index (χ2n) is 2.92. The molecule has 0 aliphatic rings. The van der Waals surface area contributed by atoms with Gasteiger partial charge in [-0.3, -0.25) is 4.68 Å². The molecule has 0 aliphatic heterocycles. The predicted octanol–water partition coefficient (Wildman–Crippen LogP) is 2.28. The fraction of sp³-hybridized carbons (Fsp3) is 0.500. The van der Waals surface area contributed by atoms with Crippen LogP contribution in [0.15, 0.2) is 6.20 Å². The van der Waals surface area contributed by atoms with Crippen LogP contribution in [0.5, 0.6) is 0 Å². The van der Waals surface area contributed by atoms with E-state index in [2.05, 4.69) is 9.84 Å². The van der Waals surface area contributed by atoms with Crippen molar-refractivity contribution in [2.45, 2.75) is 19.1 Å². The van der Waals surface area contributed by atoms with Crippen molar-refractivity contribution in [3.8, 4) is 0 Å². The summed E-state index contributed by atoms with van der Waals surface area (Å²) in [6, 6.07) is 0. The molecule has 1 heterocycles. The minimum Gasteiger partial charge on any atom is -0.464 e. The standard InChI is InChI=1S/C8H8ClF3N2O2/c1-16-7(15)6-5(9)4-13-14(6)3-2-8(10,11)12/h4H,2-3H2,1H3. The summed E-state index contributed by atoms with van der Waals surface area (Å²) in [5.41, 5.74) is -0.173. The maximum absolute atomic E-state index is 12.0. The van der Waals surface area contributed by atoms with Crippen molar-refractivity contribution in [2.24, 2.45) is 0 Å². The first kappa shape index (κ1) is 12.8. The highest BCUT2D eigenvalue weighted by atomic mass is 35.5. The lowest BCUT2D eigenvalue weighted by Crippen LogP contribution is -2.17. The molecule has 0 radical (unpaired) electrons. The third-order valence-corrected chi connectivity index (χ3v) is 2.06. The molecule has 0 N–H and O–H groups in total. The van der Waals surface area contributed by atoms with Crippen molar-refractivity contribution in [1.29, 1.82) is 0 Å². The van der Waals surface area contributed by atoms with Gasteiger partial charge in [-0.2, -0.15) is 18.3 Å². The quantitative estimate of drug-likeness (QED) is 0.780. The zero-order chi connectivity index (χ0) is 12.3. The first-order valence-corrected chi connectivity index (χ1v) is 4.59. The van der Waals surface area contributed by atoms with E-state index < -0.39 is 25.1 Å². The Morgan fingerprint density at radius 2 is 2.25 bits per heavy atom. The van der Waals surface area contributed by atoms with E-state index in [9.17, 15) is 18.0 Å². The van der Waals surface area contributed by atoms with Gasteiger partial charge in [-0.1, -0.05) is 11.6 Å². The van der Waals surface area contributed by atoms with E-state index in [0.717, 1.165) is 18.0 Å². The van der Waals surface area contributed by atoms with Crippen LogP contribution in [0.3, 0.4) is 0 Å². The molecule has 4 nitrogen and oxygen atoms in total. The summed E-state index contributed by atoms with van der Waals surface area (Å²) in [6.07, 6.45) is -4.30. The minimum atomic E-state index is -4.31. The molecule has 0 saturated heterocycles. The molecule has 0 spiro atoms. The van der Waals surface area contributed by atoms with Crippen LogP contribution in [0.2, 0.25) is 5.02 Å². The summed E-state index contributed by atoms with van der Waals surface area (Å²) in [7, 11) is 1.11. The molecule has 0 bridgehead atoms. The Morgan fingerprint density at radius 1 is 1.62 bits per heavy atom. The van der Waals surface area contributed by atoms with Gasteiger partial charge in [0.1, 0.15) is 0 Å². The highest BCUT2D eigenvalue weighted by Gasteiger charge is 2.28. The normalized spacial score (nSPS) is 11.6. The molecule has 1 rings (SSSR count). The van der Waals surface area contributed by atoms with Gasteiger partial charge in [-0.15, -0.1) is 0 Å². The minimum absolute atomic E-state index is 0.0333. The zero-order valence-corrected chi connectivity index (χ0v) is 8.97. The van der Waals surface area contributed by atoms with Gasteiger partial charge in [-0.25, -0.2) is 4.79 Å². The molecule has 16 heavy (non-hydrogen) atoms. The lowest BCUT2D eigenvalue weighted by molar-refractivity contribution is -0.137. The van der Waals surface area contributed by atoms with Gasteiger partial charge in [0, 0.05) is 0 Å². The van der Waals surface area contributed by atoms with Gasteiger partial charge < -0.3 is 4.74 Å². The number of nitrogens with zero attached hydrogens (tertiary/aromatic N) is 2. The summed E-state index contributed by atoms with van der Waals surface area (Å²) in [5.74, 6) is -0.815. The number of rotatable bonds is 3. The largest absolute Gasteiger partial charge is 0.464 e. The topological polar surface area (TPSA) is 44.1 Å². The number of esters is 1. The Labute approximate surface area is 93.9 Å². The number of halogens is 4. The Kier molecular flexibility index (Phi) is 3.79. The van der Waals surface area contributed by atoms with Gasteiger partial charge in [-0.05, 0) is 0 Å². The van der Waals surface area contributed by atoms with Crippen LogP contribution in [0, 0.1) is 0 Å². The van der Waals surface area contributed by atoms with Crippen molar-refractivity contribution in [3.05, 3.63) is 16.9 Å². The second kappa shape index (κ2) is 4.73. The zero-order valence-electron chi connectivity index (χ0n) is 8.21. The highest BCUT2D eigenvalue weighted by molar-refractivity contribution is 6.33. The number of methoxy groups -OCH3 is 1. The molecule has 0 aromatic carbocycles.